The molecule has 0 aliphatic carbocycles. The highest BCUT2D eigenvalue weighted by atomic mass is 35.5. The van der Waals surface area contributed by atoms with Gasteiger partial charge in [-0.1, -0.05) is 17.7 Å². The smallest absolute Gasteiger partial charge is 0.315 e. The molecule has 0 aliphatic heterocycles. The first-order valence-electron chi connectivity index (χ1n) is 6.99. The van der Waals surface area contributed by atoms with Crippen LogP contribution in [-0.4, -0.2) is 19.2 Å². The number of benzene rings is 2. The number of carbonyl (C=O) groups is 1. The number of hydrogen-bond donors (Lipinski definition) is 2. The number of nitrogens with one attached hydrogen (secondary N) is 2. The van der Waals surface area contributed by atoms with Gasteiger partial charge in [0, 0.05) is 12.6 Å². The van der Waals surface area contributed by atoms with E-state index < -0.39 is 23.5 Å². The molecule has 2 aromatic rings. The van der Waals surface area contributed by atoms with Crippen molar-refractivity contribution in [2.24, 2.45) is 0 Å². The fourth-order valence-electron chi connectivity index (χ4n) is 1.79. The number of urea groups is 1. The lowest BCUT2D eigenvalue weighted by Gasteiger charge is -2.09. The van der Waals surface area contributed by atoms with Crippen LogP contribution in [0.1, 0.15) is 5.56 Å². The largest absolute Gasteiger partial charge is 0.492 e. The van der Waals surface area contributed by atoms with Crippen molar-refractivity contribution in [2.45, 2.75) is 6.54 Å². The van der Waals surface area contributed by atoms with Gasteiger partial charge in [0.1, 0.15) is 18.2 Å². The van der Waals surface area contributed by atoms with Gasteiger partial charge < -0.3 is 15.4 Å². The van der Waals surface area contributed by atoms with Crippen LogP contribution in [0, 0.1) is 17.5 Å². The molecule has 0 atom stereocenters. The summed E-state index contributed by atoms with van der Waals surface area (Å²) in [4.78, 5) is 11.6. The zero-order valence-corrected chi connectivity index (χ0v) is 13.2. The SMILES string of the molecule is O=C(NCCOc1ccc(F)c(F)c1)NCc1ccc(F)c(Cl)c1. The molecule has 2 rings (SSSR count). The zero-order chi connectivity index (χ0) is 17.5. The van der Waals surface area contributed by atoms with Gasteiger partial charge in [0.2, 0.25) is 0 Å². The first-order valence-corrected chi connectivity index (χ1v) is 7.37. The average Bonchev–Trinajstić information content (AvgIpc) is 2.56. The van der Waals surface area contributed by atoms with Gasteiger partial charge >= 0.3 is 6.03 Å². The third-order valence-corrected chi connectivity index (χ3v) is 3.27. The number of carbonyl (C=O) groups excluding carboxylic acids is 1. The van der Waals surface area contributed by atoms with E-state index in [0.29, 0.717) is 5.56 Å². The Morgan fingerprint density at radius 1 is 1.00 bits per heavy atom. The van der Waals surface area contributed by atoms with Gasteiger partial charge in [-0.15, -0.1) is 0 Å². The van der Waals surface area contributed by atoms with E-state index in [9.17, 15) is 18.0 Å². The molecule has 8 heteroatoms. The highest BCUT2D eigenvalue weighted by Crippen LogP contribution is 2.16. The Bertz CT molecular complexity index is 728. The molecular weight excluding hydrogens is 345 g/mol. The van der Waals surface area contributed by atoms with E-state index in [2.05, 4.69) is 10.6 Å². The standard InChI is InChI=1S/C16H14ClF3N2O2/c17-12-7-10(1-3-13(12)18)9-22-16(23)21-5-6-24-11-2-4-14(19)15(20)8-11/h1-4,7-8H,5-6,9H2,(H2,21,22,23). The molecule has 0 spiro atoms. The Morgan fingerprint density at radius 3 is 2.46 bits per heavy atom. The molecule has 128 valence electrons. The Labute approximate surface area is 141 Å². The highest BCUT2D eigenvalue weighted by molar-refractivity contribution is 6.30. The molecule has 2 N–H and O–H groups in total. The van der Waals surface area contributed by atoms with Crippen LogP contribution < -0.4 is 15.4 Å². The van der Waals surface area contributed by atoms with Crippen molar-refractivity contribution in [3.8, 4) is 5.75 Å². The summed E-state index contributed by atoms with van der Waals surface area (Å²) in [6.45, 7) is 0.422. The van der Waals surface area contributed by atoms with Gasteiger partial charge in [-0.05, 0) is 29.8 Å². The summed E-state index contributed by atoms with van der Waals surface area (Å²) in [6, 6.07) is 6.86. The van der Waals surface area contributed by atoms with Crippen LogP contribution in [0.3, 0.4) is 0 Å². The third-order valence-electron chi connectivity index (χ3n) is 2.98. The van der Waals surface area contributed by atoms with E-state index in [1.54, 1.807) is 0 Å². The predicted octanol–water partition coefficient (Wildman–Crippen LogP) is 3.64. The Kier molecular flexibility index (Phi) is 6.31. The molecule has 0 saturated heterocycles. The molecular formula is C16H14ClF3N2O2. The molecule has 0 bridgehead atoms. The van der Waals surface area contributed by atoms with E-state index in [4.69, 9.17) is 16.3 Å². The quantitative estimate of drug-likeness (QED) is 0.775. The minimum absolute atomic E-state index is 0.0189. The van der Waals surface area contributed by atoms with Crippen LogP contribution in [0.4, 0.5) is 18.0 Å². The summed E-state index contributed by atoms with van der Waals surface area (Å²) in [5.41, 5.74) is 0.648. The number of hydrogen-bond acceptors (Lipinski definition) is 2. The van der Waals surface area contributed by atoms with Crippen molar-refractivity contribution in [1.82, 2.24) is 10.6 Å². The van der Waals surface area contributed by atoms with Gasteiger partial charge in [-0.3, -0.25) is 0 Å². The molecule has 2 aromatic carbocycles. The lowest BCUT2D eigenvalue weighted by molar-refractivity contribution is 0.236. The maximum Gasteiger partial charge on any atom is 0.315 e. The molecule has 0 heterocycles. The van der Waals surface area contributed by atoms with Crippen molar-refractivity contribution in [3.63, 3.8) is 0 Å². The second-order valence-electron chi connectivity index (χ2n) is 4.78. The first kappa shape index (κ1) is 17.9. The molecule has 0 unspecified atom stereocenters. The fraction of sp³-hybridized carbons (Fsp3) is 0.188. The summed E-state index contributed by atoms with van der Waals surface area (Å²) in [6.07, 6.45) is 0. The number of rotatable bonds is 6. The predicted molar refractivity (Wildman–Crippen MR) is 83.5 cm³/mol. The minimum Gasteiger partial charge on any atom is -0.492 e. The number of amides is 2. The molecule has 0 aliphatic rings. The van der Waals surface area contributed by atoms with Crippen LogP contribution in [0.25, 0.3) is 0 Å². The van der Waals surface area contributed by atoms with Crippen LogP contribution in [0.5, 0.6) is 5.75 Å². The van der Waals surface area contributed by atoms with Crippen LogP contribution in [-0.2, 0) is 6.54 Å². The molecule has 2 amide bonds. The van der Waals surface area contributed by atoms with Gasteiger partial charge in [0.05, 0.1) is 11.6 Å². The van der Waals surface area contributed by atoms with E-state index in [0.717, 1.165) is 12.1 Å². The fourth-order valence-corrected chi connectivity index (χ4v) is 2.00. The lowest BCUT2D eigenvalue weighted by atomic mass is 10.2. The van der Waals surface area contributed by atoms with Gasteiger partial charge in [0.15, 0.2) is 11.6 Å². The van der Waals surface area contributed by atoms with Crippen molar-refractivity contribution in [2.75, 3.05) is 13.2 Å². The van der Waals surface area contributed by atoms with Gasteiger partial charge in [-0.25, -0.2) is 18.0 Å². The van der Waals surface area contributed by atoms with Crippen LogP contribution >= 0.6 is 11.6 Å². The Hall–Kier alpha value is -2.41. The van der Waals surface area contributed by atoms with Crippen LogP contribution in [0.2, 0.25) is 5.02 Å². The summed E-state index contributed by atoms with van der Waals surface area (Å²) in [5, 5.41) is 5.07. The van der Waals surface area contributed by atoms with E-state index >= 15 is 0 Å². The van der Waals surface area contributed by atoms with Crippen molar-refractivity contribution in [3.05, 3.63) is 64.4 Å². The van der Waals surface area contributed by atoms with Crippen LogP contribution in [0.15, 0.2) is 36.4 Å². The second-order valence-corrected chi connectivity index (χ2v) is 5.19. The normalized spacial score (nSPS) is 10.3. The van der Waals surface area contributed by atoms with Gasteiger partial charge in [-0.2, -0.15) is 0 Å². The number of halogens is 4. The van der Waals surface area contributed by atoms with E-state index in [1.165, 1.54) is 24.3 Å². The summed E-state index contributed by atoms with van der Waals surface area (Å²) in [5.74, 6) is -2.33. The molecule has 0 aromatic heterocycles. The highest BCUT2D eigenvalue weighted by Gasteiger charge is 2.05. The van der Waals surface area contributed by atoms with E-state index in [1.807, 2.05) is 0 Å². The first-order chi connectivity index (χ1) is 11.5. The topological polar surface area (TPSA) is 50.4 Å². The molecule has 24 heavy (non-hydrogen) atoms. The Morgan fingerprint density at radius 2 is 1.75 bits per heavy atom. The average molecular weight is 359 g/mol. The summed E-state index contributed by atoms with van der Waals surface area (Å²) < 4.78 is 43.9. The Balaban J connectivity index is 1.67. The number of ether oxygens (including phenoxy) is 1. The van der Waals surface area contributed by atoms with Crippen molar-refractivity contribution < 1.29 is 22.7 Å². The zero-order valence-electron chi connectivity index (χ0n) is 12.4. The van der Waals surface area contributed by atoms with E-state index in [-0.39, 0.29) is 30.5 Å². The molecule has 0 fully saturated rings. The second kappa shape index (κ2) is 8.44. The third kappa shape index (κ3) is 5.34. The summed E-state index contributed by atoms with van der Waals surface area (Å²) in [7, 11) is 0. The van der Waals surface area contributed by atoms with Gasteiger partial charge in [0.25, 0.3) is 0 Å². The lowest BCUT2D eigenvalue weighted by Crippen LogP contribution is -2.37. The maximum atomic E-state index is 13.0. The minimum atomic E-state index is -1.00. The molecule has 0 saturated carbocycles. The van der Waals surface area contributed by atoms with Crippen molar-refractivity contribution >= 4 is 17.6 Å². The molecule has 0 radical (unpaired) electrons. The molecule has 4 nitrogen and oxygen atoms in total. The van der Waals surface area contributed by atoms with Crippen molar-refractivity contribution in [1.29, 1.82) is 0 Å². The monoisotopic (exact) mass is 358 g/mol. The maximum absolute atomic E-state index is 13.0. The summed E-state index contributed by atoms with van der Waals surface area (Å²) >= 11 is 5.64.